The minimum absolute atomic E-state index is 0.148. The van der Waals surface area contributed by atoms with Gasteiger partial charge >= 0.3 is 5.97 Å². The molecule has 0 aromatic heterocycles. The zero-order valence-corrected chi connectivity index (χ0v) is 19.9. The van der Waals surface area contributed by atoms with E-state index >= 15 is 0 Å². The maximum absolute atomic E-state index is 13.4. The van der Waals surface area contributed by atoms with Crippen LogP contribution in [0.4, 0.5) is 0 Å². The minimum atomic E-state index is -4.28. The van der Waals surface area contributed by atoms with Gasteiger partial charge in [0.2, 0.25) is 10.0 Å². The normalized spacial score (nSPS) is 13.1. The van der Waals surface area contributed by atoms with E-state index in [-0.39, 0.29) is 12.2 Å². The third kappa shape index (κ3) is 5.42. The maximum Gasteiger partial charge on any atom is 0.364 e. The molecule has 4 aromatic carbocycles. The molecule has 0 spiro atoms. The summed E-state index contributed by atoms with van der Waals surface area (Å²) in [5, 5.41) is 12.7. The van der Waals surface area contributed by atoms with Gasteiger partial charge in [-0.1, -0.05) is 104 Å². The van der Waals surface area contributed by atoms with Crippen LogP contribution in [-0.4, -0.2) is 25.2 Å². The van der Waals surface area contributed by atoms with Gasteiger partial charge in [-0.3, -0.25) is 0 Å². The Bertz CT molecular complexity index is 1420. The van der Waals surface area contributed by atoms with Crippen molar-refractivity contribution in [1.29, 1.82) is 0 Å². The molecule has 0 aliphatic rings. The number of rotatable bonds is 9. The number of fused-ring (bicyclic) bond motifs is 1. The van der Waals surface area contributed by atoms with Gasteiger partial charge in [0, 0.05) is 17.4 Å². The molecule has 2 N–H and O–H groups in total. The summed E-state index contributed by atoms with van der Waals surface area (Å²) >= 11 is 0. The molecule has 0 fully saturated rings. The maximum atomic E-state index is 13.4. The lowest BCUT2D eigenvalue weighted by Gasteiger charge is -2.30. The van der Waals surface area contributed by atoms with E-state index < -0.39 is 21.7 Å². The molecule has 6 nitrogen and oxygen atoms in total. The Labute approximate surface area is 204 Å². The molecule has 0 amide bonds. The van der Waals surface area contributed by atoms with Crippen LogP contribution in [0.5, 0.6) is 5.75 Å². The third-order valence-electron chi connectivity index (χ3n) is 5.63. The Balaban J connectivity index is 1.77. The van der Waals surface area contributed by atoms with Crippen molar-refractivity contribution in [3.05, 3.63) is 120 Å². The van der Waals surface area contributed by atoms with E-state index in [4.69, 9.17) is 4.74 Å². The SMILES string of the molecule is CCC(NS(=O)(=O)C=C(c1ccccc1)c1ccccc1)(Oc1cccc2ccccc12)C(=O)O. The van der Waals surface area contributed by atoms with Crippen molar-refractivity contribution in [1.82, 2.24) is 4.72 Å². The van der Waals surface area contributed by atoms with Crippen LogP contribution in [0.3, 0.4) is 0 Å². The fourth-order valence-corrected chi connectivity index (χ4v) is 5.20. The Hall–Kier alpha value is -3.94. The first-order chi connectivity index (χ1) is 16.8. The summed E-state index contributed by atoms with van der Waals surface area (Å²) in [7, 11) is -4.28. The number of carboxylic acids is 1. The molecule has 4 rings (SSSR count). The van der Waals surface area contributed by atoms with Gasteiger partial charge < -0.3 is 9.84 Å². The zero-order valence-electron chi connectivity index (χ0n) is 19.1. The van der Waals surface area contributed by atoms with Crippen LogP contribution >= 0.6 is 0 Å². The summed E-state index contributed by atoms with van der Waals surface area (Å²) in [6.45, 7) is 1.56. The molecule has 1 atom stereocenters. The second-order valence-electron chi connectivity index (χ2n) is 7.98. The number of carbonyl (C=O) groups is 1. The van der Waals surface area contributed by atoms with Crippen LogP contribution in [0.2, 0.25) is 0 Å². The quantitative estimate of drug-likeness (QED) is 0.308. The number of nitrogens with one attached hydrogen (secondary N) is 1. The monoisotopic (exact) mass is 487 g/mol. The standard InChI is InChI=1S/C28H25NO5S/c1-2-28(27(30)31,34-26-19-11-17-21-16-9-10-18-24(21)26)29-35(32,33)20-25(22-12-5-3-6-13-22)23-14-7-4-8-15-23/h3-20,29H,2H2,1H3,(H,30,31). The van der Waals surface area contributed by atoms with Gasteiger partial charge in [-0.25, -0.2) is 13.2 Å². The Kier molecular flexibility index (Phi) is 7.00. The topological polar surface area (TPSA) is 92.7 Å². The minimum Gasteiger partial charge on any atom is -0.477 e. The predicted molar refractivity (Wildman–Crippen MR) is 137 cm³/mol. The van der Waals surface area contributed by atoms with Gasteiger partial charge in [0.1, 0.15) is 5.75 Å². The van der Waals surface area contributed by atoms with E-state index in [1.807, 2.05) is 60.7 Å². The highest BCUT2D eigenvalue weighted by Crippen LogP contribution is 2.30. The first-order valence-corrected chi connectivity index (χ1v) is 12.6. The van der Waals surface area contributed by atoms with E-state index in [1.165, 1.54) is 0 Å². The molecule has 0 aliphatic carbocycles. The molecule has 0 saturated heterocycles. The third-order valence-corrected chi connectivity index (χ3v) is 6.79. The first kappa shape index (κ1) is 24.2. The summed E-state index contributed by atoms with van der Waals surface area (Å²) in [6, 6.07) is 30.7. The lowest BCUT2D eigenvalue weighted by atomic mass is 10.00. The molecule has 0 radical (unpaired) electrons. The molecule has 0 saturated carbocycles. The highest BCUT2D eigenvalue weighted by molar-refractivity contribution is 7.92. The van der Waals surface area contributed by atoms with E-state index in [0.717, 1.165) is 10.8 Å². The smallest absolute Gasteiger partial charge is 0.364 e. The van der Waals surface area contributed by atoms with Crippen LogP contribution in [0.25, 0.3) is 16.3 Å². The largest absolute Gasteiger partial charge is 0.477 e. The number of carboxylic acid groups (broad SMARTS) is 1. The van der Waals surface area contributed by atoms with E-state index in [2.05, 4.69) is 4.72 Å². The van der Waals surface area contributed by atoms with Crippen LogP contribution in [0.1, 0.15) is 24.5 Å². The average molecular weight is 488 g/mol. The van der Waals surface area contributed by atoms with E-state index in [1.54, 1.807) is 49.4 Å². The Morgan fingerprint density at radius 3 is 1.97 bits per heavy atom. The molecular weight excluding hydrogens is 462 g/mol. The van der Waals surface area contributed by atoms with Gasteiger partial charge in [0.15, 0.2) is 0 Å². The summed E-state index contributed by atoms with van der Waals surface area (Å²) in [4.78, 5) is 12.4. The first-order valence-electron chi connectivity index (χ1n) is 11.1. The van der Waals surface area contributed by atoms with Crippen molar-refractivity contribution >= 4 is 32.3 Å². The summed E-state index contributed by atoms with van der Waals surface area (Å²) in [5.74, 6) is -1.17. The second kappa shape index (κ2) is 10.1. The van der Waals surface area contributed by atoms with E-state index in [0.29, 0.717) is 22.1 Å². The number of hydrogen-bond acceptors (Lipinski definition) is 4. The number of sulfonamides is 1. The van der Waals surface area contributed by atoms with Gasteiger partial charge in [-0.2, -0.15) is 4.72 Å². The fourth-order valence-electron chi connectivity index (χ4n) is 3.83. The molecule has 1 unspecified atom stereocenters. The number of aliphatic carboxylic acids is 1. The van der Waals surface area contributed by atoms with Gasteiger partial charge in [-0.15, -0.1) is 0 Å². The second-order valence-corrected chi connectivity index (χ2v) is 9.51. The average Bonchev–Trinajstić information content (AvgIpc) is 2.88. The van der Waals surface area contributed by atoms with Crippen LogP contribution in [0, 0.1) is 0 Å². The number of hydrogen-bond donors (Lipinski definition) is 2. The summed E-state index contributed by atoms with van der Waals surface area (Å²) in [5.41, 5.74) is -0.426. The molecule has 7 heteroatoms. The van der Waals surface area contributed by atoms with Gasteiger partial charge in [0.05, 0.1) is 5.41 Å². The zero-order chi connectivity index (χ0) is 24.9. The van der Waals surface area contributed by atoms with Crippen molar-refractivity contribution in [2.75, 3.05) is 0 Å². The Morgan fingerprint density at radius 2 is 1.40 bits per heavy atom. The molecular formula is C28H25NO5S. The summed E-state index contributed by atoms with van der Waals surface area (Å²) in [6.07, 6.45) is -0.148. The van der Waals surface area contributed by atoms with Gasteiger partial charge in [0.25, 0.3) is 5.72 Å². The fraction of sp³-hybridized carbons (Fsp3) is 0.107. The molecule has 0 aliphatic heterocycles. The van der Waals surface area contributed by atoms with E-state index in [9.17, 15) is 18.3 Å². The number of benzene rings is 4. The van der Waals surface area contributed by atoms with Crippen molar-refractivity contribution in [2.45, 2.75) is 19.1 Å². The van der Waals surface area contributed by atoms with Gasteiger partial charge in [-0.05, 0) is 22.6 Å². The molecule has 0 bridgehead atoms. The molecule has 0 heterocycles. The highest BCUT2D eigenvalue weighted by atomic mass is 32.2. The van der Waals surface area contributed by atoms with Crippen molar-refractivity contribution < 1.29 is 23.1 Å². The lowest BCUT2D eigenvalue weighted by Crippen LogP contribution is -2.58. The number of ether oxygens (including phenoxy) is 1. The summed E-state index contributed by atoms with van der Waals surface area (Å²) < 4.78 is 35.0. The lowest BCUT2D eigenvalue weighted by molar-refractivity contribution is -0.156. The van der Waals surface area contributed by atoms with Crippen LogP contribution < -0.4 is 9.46 Å². The van der Waals surface area contributed by atoms with Crippen molar-refractivity contribution in [2.24, 2.45) is 0 Å². The Morgan fingerprint density at radius 1 is 0.857 bits per heavy atom. The van der Waals surface area contributed by atoms with Crippen LogP contribution in [-0.2, 0) is 14.8 Å². The molecule has 35 heavy (non-hydrogen) atoms. The predicted octanol–water partition coefficient (Wildman–Crippen LogP) is 5.42. The van der Waals surface area contributed by atoms with Crippen LogP contribution in [0.15, 0.2) is 109 Å². The van der Waals surface area contributed by atoms with Crippen molar-refractivity contribution in [3.63, 3.8) is 0 Å². The van der Waals surface area contributed by atoms with Crippen molar-refractivity contribution in [3.8, 4) is 5.75 Å². The molecule has 4 aromatic rings. The molecule has 178 valence electrons. The highest BCUT2D eigenvalue weighted by Gasteiger charge is 2.43.